The maximum atomic E-state index is 14.9. The van der Waals surface area contributed by atoms with Crippen LogP contribution in [0.4, 0.5) is 10.1 Å². The zero-order valence-electron chi connectivity index (χ0n) is 24.7. The quantitative estimate of drug-likeness (QED) is 0.219. The summed E-state index contributed by atoms with van der Waals surface area (Å²) >= 11 is 12.4. The fourth-order valence-electron chi connectivity index (χ4n) is 5.57. The van der Waals surface area contributed by atoms with Crippen molar-refractivity contribution in [2.75, 3.05) is 17.1 Å². The van der Waals surface area contributed by atoms with Crippen LogP contribution in [0, 0.1) is 5.82 Å². The van der Waals surface area contributed by atoms with Crippen molar-refractivity contribution in [3.05, 3.63) is 99.8 Å². The topological polar surface area (TPSA) is 86.8 Å². The zero-order chi connectivity index (χ0) is 31.7. The van der Waals surface area contributed by atoms with E-state index in [1.54, 1.807) is 24.3 Å². The molecule has 0 heterocycles. The van der Waals surface area contributed by atoms with Gasteiger partial charge in [0, 0.05) is 42.6 Å². The number of rotatable bonds is 13. The van der Waals surface area contributed by atoms with Crippen molar-refractivity contribution >= 4 is 50.7 Å². The highest BCUT2D eigenvalue weighted by atomic mass is 35.5. The van der Waals surface area contributed by atoms with E-state index in [1.807, 2.05) is 30.3 Å². The highest BCUT2D eigenvalue weighted by Crippen LogP contribution is 2.31. The first kappa shape index (κ1) is 33.7. The third kappa shape index (κ3) is 9.43. The Morgan fingerprint density at radius 1 is 0.977 bits per heavy atom. The standard InChI is InChI=1S/C33H38Cl2FN3O4S/c1-44(42,43)39(30-22-26(34)18-19-28(30)35)20-10-17-32(40)38(23-25-13-8-9-16-29(25)36)31(21-24-11-4-2-5-12-24)33(41)37-27-14-6-3-7-15-27/h2,4-5,8-9,11-13,16,18-19,22,27,31H,3,6-7,10,14-15,17,20-21,23H2,1H3,(H,37,41). The number of halogens is 3. The van der Waals surface area contributed by atoms with Crippen LogP contribution >= 0.6 is 23.2 Å². The SMILES string of the molecule is CS(=O)(=O)N(CCCC(=O)N(Cc1ccccc1F)C(Cc1ccccc1)C(=O)NC1CCCCC1)c1cc(Cl)ccc1Cl. The van der Waals surface area contributed by atoms with Crippen molar-refractivity contribution in [2.45, 2.75) is 70.0 Å². The first-order chi connectivity index (χ1) is 21.0. The van der Waals surface area contributed by atoms with E-state index in [9.17, 15) is 22.4 Å². The predicted octanol–water partition coefficient (Wildman–Crippen LogP) is 6.77. The maximum Gasteiger partial charge on any atom is 0.243 e. The number of carbonyl (C=O) groups is 2. The largest absolute Gasteiger partial charge is 0.352 e. The second-order valence-corrected chi connectivity index (χ2v) is 13.9. The Kier molecular flexibility index (Phi) is 12.1. The lowest BCUT2D eigenvalue weighted by Gasteiger charge is -2.34. The molecule has 0 saturated heterocycles. The van der Waals surface area contributed by atoms with Gasteiger partial charge in [-0.05, 0) is 49.1 Å². The van der Waals surface area contributed by atoms with Gasteiger partial charge in [-0.3, -0.25) is 13.9 Å². The Morgan fingerprint density at radius 2 is 1.66 bits per heavy atom. The van der Waals surface area contributed by atoms with Gasteiger partial charge in [0.2, 0.25) is 21.8 Å². The van der Waals surface area contributed by atoms with Gasteiger partial charge in [-0.15, -0.1) is 0 Å². The molecule has 236 valence electrons. The van der Waals surface area contributed by atoms with Gasteiger partial charge in [0.25, 0.3) is 0 Å². The molecule has 1 saturated carbocycles. The van der Waals surface area contributed by atoms with Gasteiger partial charge >= 0.3 is 0 Å². The molecule has 7 nitrogen and oxygen atoms in total. The Bertz CT molecular complexity index is 1530. The Labute approximate surface area is 269 Å². The summed E-state index contributed by atoms with van der Waals surface area (Å²) in [7, 11) is -3.76. The van der Waals surface area contributed by atoms with Crippen LogP contribution < -0.4 is 9.62 Å². The smallest absolute Gasteiger partial charge is 0.243 e. The molecule has 1 atom stereocenters. The van der Waals surface area contributed by atoms with Crippen molar-refractivity contribution in [2.24, 2.45) is 0 Å². The van der Waals surface area contributed by atoms with E-state index in [-0.39, 0.29) is 60.6 Å². The number of hydrogen-bond donors (Lipinski definition) is 1. The zero-order valence-corrected chi connectivity index (χ0v) is 27.1. The van der Waals surface area contributed by atoms with E-state index in [1.165, 1.54) is 23.1 Å². The first-order valence-electron chi connectivity index (χ1n) is 14.8. The predicted molar refractivity (Wildman–Crippen MR) is 174 cm³/mol. The average Bonchev–Trinajstić information content (AvgIpc) is 2.99. The monoisotopic (exact) mass is 661 g/mol. The van der Waals surface area contributed by atoms with Crippen LogP contribution in [0.15, 0.2) is 72.8 Å². The lowest BCUT2D eigenvalue weighted by Crippen LogP contribution is -2.53. The average molecular weight is 663 g/mol. The number of carbonyl (C=O) groups excluding carboxylic acids is 2. The van der Waals surface area contributed by atoms with Crippen molar-refractivity contribution in [3.8, 4) is 0 Å². The molecule has 11 heteroatoms. The second-order valence-electron chi connectivity index (χ2n) is 11.2. The second kappa shape index (κ2) is 15.7. The van der Waals surface area contributed by atoms with E-state index in [0.717, 1.165) is 48.2 Å². The van der Waals surface area contributed by atoms with Gasteiger partial charge in [-0.1, -0.05) is 91.0 Å². The van der Waals surface area contributed by atoms with Gasteiger partial charge < -0.3 is 10.2 Å². The Balaban J connectivity index is 1.61. The van der Waals surface area contributed by atoms with Crippen LogP contribution in [0.2, 0.25) is 10.0 Å². The molecule has 1 unspecified atom stereocenters. The van der Waals surface area contributed by atoms with E-state index < -0.39 is 27.8 Å². The molecule has 0 spiro atoms. The minimum Gasteiger partial charge on any atom is -0.352 e. The third-order valence-electron chi connectivity index (χ3n) is 7.85. The summed E-state index contributed by atoms with van der Waals surface area (Å²) in [5.41, 5.74) is 1.36. The minimum atomic E-state index is -3.76. The molecule has 1 aliphatic carbocycles. The normalized spacial score (nSPS) is 14.5. The summed E-state index contributed by atoms with van der Waals surface area (Å²) in [6, 6.07) is 19.2. The summed E-state index contributed by atoms with van der Waals surface area (Å²) in [6.07, 6.45) is 6.28. The van der Waals surface area contributed by atoms with Crippen molar-refractivity contribution in [1.82, 2.24) is 10.2 Å². The molecule has 1 fully saturated rings. The first-order valence-corrected chi connectivity index (χ1v) is 17.4. The van der Waals surface area contributed by atoms with E-state index >= 15 is 0 Å². The molecule has 1 aliphatic rings. The van der Waals surface area contributed by atoms with E-state index in [0.29, 0.717) is 5.02 Å². The number of anilines is 1. The number of benzene rings is 3. The minimum absolute atomic E-state index is 0.0192. The molecule has 3 aromatic carbocycles. The molecule has 44 heavy (non-hydrogen) atoms. The number of nitrogens with zero attached hydrogens (tertiary/aromatic N) is 2. The summed E-state index contributed by atoms with van der Waals surface area (Å²) < 4.78 is 41.4. The molecule has 3 aromatic rings. The van der Waals surface area contributed by atoms with Gasteiger partial charge in [-0.25, -0.2) is 12.8 Å². The summed E-state index contributed by atoms with van der Waals surface area (Å²) in [6.45, 7) is -0.160. The van der Waals surface area contributed by atoms with Gasteiger partial charge in [0.15, 0.2) is 0 Å². The van der Waals surface area contributed by atoms with Gasteiger partial charge in [0.1, 0.15) is 11.9 Å². The third-order valence-corrected chi connectivity index (χ3v) is 9.58. The summed E-state index contributed by atoms with van der Waals surface area (Å²) in [5, 5.41) is 3.68. The lowest BCUT2D eigenvalue weighted by atomic mass is 9.94. The number of amides is 2. The molecular weight excluding hydrogens is 624 g/mol. The molecule has 0 bridgehead atoms. The van der Waals surface area contributed by atoms with E-state index in [2.05, 4.69) is 5.32 Å². The summed E-state index contributed by atoms with van der Waals surface area (Å²) in [4.78, 5) is 29.3. The van der Waals surface area contributed by atoms with Crippen LogP contribution in [-0.4, -0.2) is 50.0 Å². The van der Waals surface area contributed by atoms with Crippen LogP contribution in [0.3, 0.4) is 0 Å². The summed E-state index contributed by atoms with van der Waals surface area (Å²) in [5.74, 6) is -1.15. The molecule has 0 aliphatic heterocycles. The molecular formula is C33H38Cl2FN3O4S. The van der Waals surface area contributed by atoms with Crippen LogP contribution in [0.5, 0.6) is 0 Å². The van der Waals surface area contributed by atoms with Gasteiger partial charge in [0.05, 0.1) is 17.0 Å². The van der Waals surface area contributed by atoms with Crippen molar-refractivity contribution < 1.29 is 22.4 Å². The molecule has 1 N–H and O–H groups in total. The Hall–Kier alpha value is -3.14. The van der Waals surface area contributed by atoms with Crippen molar-refractivity contribution in [1.29, 1.82) is 0 Å². The van der Waals surface area contributed by atoms with Crippen LogP contribution in [0.1, 0.15) is 56.1 Å². The molecule has 2 amide bonds. The maximum absolute atomic E-state index is 14.9. The Morgan fingerprint density at radius 3 is 2.34 bits per heavy atom. The number of sulfonamides is 1. The number of nitrogens with one attached hydrogen (secondary N) is 1. The van der Waals surface area contributed by atoms with Crippen LogP contribution in [0.25, 0.3) is 0 Å². The highest BCUT2D eigenvalue weighted by Gasteiger charge is 2.32. The van der Waals surface area contributed by atoms with Crippen LogP contribution in [-0.2, 0) is 32.6 Å². The highest BCUT2D eigenvalue weighted by molar-refractivity contribution is 7.92. The lowest BCUT2D eigenvalue weighted by molar-refractivity contribution is -0.141. The van der Waals surface area contributed by atoms with Gasteiger partial charge in [-0.2, -0.15) is 0 Å². The fraction of sp³-hybridized carbons (Fsp3) is 0.394. The molecule has 4 rings (SSSR count). The van der Waals surface area contributed by atoms with Crippen molar-refractivity contribution in [3.63, 3.8) is 0 Å². The van der Waals surface area contributed by atoms with E-state index in [4.69, 9.17) is 23.2 Å². The fourth-order valence-corrected chi connectivity index (χ4v) is 6.97. The molecule has 0 radical (unpaired) electrons. The number of hydrogen-bond acceptors (Lipinski definition) is 4. The molecule has 0 aromatic heterocycles.